The van der Waals surface area contributed by atoms with E-state index in [1.807, 2.05) is 18.5 Å². The second-order valence-electron chi connectivity index (χ2n) is 5.26. The van der Waals surface area contributed by atoms with Crippen LogP contribution in [0.25, 0.3) is 0 Å². The Hall–Kier alpha value is -1.12. The fraction of sp³-hybridized carbons (Fsp3) is 0.400. The molecule has 0 saturated carbocycles. The quantitative estimate of drug-likeness (QED) is 0.562. The average Bonchev–Trinajstić information content (AvgIpc) is 2.81. The monoisotopic (exact) mass is 414 g/mol. The molecule has 1 amide bonds. The Labute approximate surface area is 153 Å². The van der Waals surface area contributed by atoms with Gasteiger partial charge in [-0.1, -0.05) is 15.9 Å². The maximum atomic E-state index is 12.0. The highest BCUT2D eigenvalue weighted by atomic mass is 79.9. The van der Waals surface area contributed by atoms with E-state index in [1.165, 1.54) is 11.1 Å². The summed E-state index contributed by atoms with van der Waals surface area (Å²) < 4.78 is 3.49. The van der Waals surface area contributed by atoms with Crippen LogP contribution in [-0.4, -0.2) is 33.0 Å². The second-order valence-corrected chi connectivity index (χ2v) is 7.52. The van der Waals surface area contributed by atoms with E-state index >= 15 is 0 Å². The van der Waals surface area contributed by atoms with Gasteiger partial charge in [-0.05, 0) is 49.3 Å². The number of carbonyl (C=O) groups is 1. The van der Waals surface area contributed by atoms with Crippen molar-refractivity contribution in [3.63, 3.8) is 0 Å². The average molecular weight is 415 g/mol. The molecular weight excluding hydrogens is 396 g/mol. The maximum Gasteiger partial charge on any atom is 0.230 e. The SMILES string of the molecule is Cc1cc(SCC(=O)NCCc2n[nH]c(=S)n2C)c(C)cc1Br. The highest BCUT2D eigenvalue weighted by molar-refractivity contribution is 9.10. The van der Waals surface area contributed by atoms with Crippen LogP contribution in [0, 0.1) is 18.6 Å². The molecule has 0 bridgehead atoms. The lowest BCUT2D eigenvalue weighted by Crippen LogP contribution is -2.27. The molecule has 0 fully saturated rings. The molecule has 0 radical (unpaired) electrons. The molecule has 0 aliphatic rings. The number of benzene rings is 1. The minimum absolute atomic E-state index is 0.0201. The van der Waals surface area contributed by atoms with Gasteiger partial charge in [0.15, 0.2) is 4.77 Å². The van der Waals surface area contributed by atoms with E-state index in [0.29, 0.717) is 23.5 Å². The number of aromatic nitrogens is 3. The number of halogens is 1. The first-order valence-electron chi connectivity index (χ1n) is 7.15. The summed E-state index contributed by atoms with van der Waals surface area (Å²) in [5.41, 5.74) is 2.34. The third kappa shape index (κ3) is 4.92. The summed E-state index contributed by atoms with van der Waals surface area (Å²) in [5.74, 6) is 1.26. The minimum Gasteiger partial charge on any atom is -0.355 e. The summed E-state index contributed by atoms with van der Waals surface area (Å²) in [6, 6.07) is 4.19. The van der Waals surface area contributed by atoms with E-state index in [2.05, 4.69) is 50.5 Å². The van der Waals surface area contributed by atoms with Crippen LogP contribution in [0.4, 0.5) is 0 Å². The van der Waals surface area contributed by atoms with Gasteiger partial charge in [-0.3, -0.25) is 9.89 Å². The Bertz CT molecular complexity index is 769. The molecule has 2 N–H and O–H groups in total. The number of nitrogens with one attached hydrogen (secondary N) is 2. The number of amides is 1. The van der Waals surface area contributed by atoms with Crippen LogP contribution >= 0.6 is 39.9 Å². The molecule has 8 heteroatoms. The Morgan fingerprint density at radius 1 is 1.43 bits per heavy atom. The van der Waals surface area contributed by atoms with Crippen molar-refractivity contribution in [2.75, 3.05) is 12.3 Å². The van der Waals surface area contributed by atoms with Gasteiger partial charge in [0.05, 0.1) is 5.75 Å². The predicted molar refractivity (Wildman–Crippen MR) is 99.4 cm³/mol. The smallest absolute Gasteiger partial charge is 0.230 e. The van der Waals surface area contributed by atoms with Gasteiger partial charge in [-0.15, -0.1) is 11.8 Å². The van der Waals surface area contributed by atoms with Crippen LogP contribution < -0.4 is 5.32 Å². The van der Waals surface area contributed by atoms with Crippen LogP contribution in [0.5, 0.6) is 0 Å². The van der Waals surface area contributed by atoms with Gasteiger partial charge in [-0.25, -0.2) is 0 Å². The summed E-state index contributed by atoms with van der Waals surface area (Å²) in [7, 11) is 1.86. The van der Waals surface area contributed by atoms with Crippen LogP contribution in [0.3, 0.4) is 0 Å². The third-order valence-corrected chi connectivity index (χ3v) is 5.83. The molecule has 1 aromatic heterocycles. The summed E-state index contributed by atoms with van der Waals surface area (Å²) in [5, 5.41) is 9.77. The number of H-pyrrole nitrogens is 1. The van der Waals surface area contributed by atoms with Crippen LogP contribution in [0.2, 0.25) is 0 Å². The predicted octanol–water partition coefficient (Wildman–Crippen LogP) is 3.31. The van der Waals surface area contributed by atoms with Gasteiger partial charge in [0.25, 0.3) is 0 Å². The lowest BCUT2D eigenvalue weighted by Gasteiger charge is -2.09. The van der Waals surface area contributed by atoms with Crippen molar-refractivity contribution in [1.82, 2.24) is 20.1 Å². The summed E-state index contributed by atoms with van der Waals surface area (Å²) in [6.07, 6.45) is 0.649. The molecule has 1 heterocycles. The molecule has 0 saturated heterocycles. The van der Waals surface area contributed by atoms with Crippen molar-refractivity contribution in [2.45, 2.75) is 25.2 Å². The van der Waals surface area contributed by atoms with E-state index in [-0.39, 0.29) is 5.91 Å². The first-order chi connectivity index (χ1) is 10.9. The number of thioether (sulfide) groups is 1. The van der Waals surface area contributed by atoms with Gasteiger partial charge < -0.3 is 9.88 Å². The first-order valence-corrected chi connectivity index (χ1v) is 9.33. The number of hydrogen-bond acceptors (Lipinski definition) is 4. The first kappa shape index (κ1) is 18.2. The Kier molecular flexibility index (Phi) is 6.43. The summed E-state index contributed by atoms with van der Waals surface area (Å²) in [4.78, 5) is 13.1. The van der Waals surface area contributed by atoms with E-state index < -0.39 is 0 Å². The molecule has 1 aromatic carbocycles. The third-order valence-electron chi connectivity index (χ3n) is 3.46. The molecular formula is C15H19BrN4OS2. The molecule has 23 heavy (non-hydrogen) atoms. The Morgan fingerprint density at radius 2 is 2.17 bits per heavy atom. The minimum atomic E-state index is 0.0201. The molecule has 0 atom stereocenters. The van der Waals surface area contributed by atoms with Crippen molar-refractivity contribution in [3.8, 4) is 0 Å². The van der Waals surface area contributed by atoms with Gasteiger partial charge in [0, 0.05) is 29.4 Å². The van der Waals surface area contributed by atoms with Crippen LogP contribution in [0.1, 0.15) is 17.0 Å². The molecule has 0 unspecified atom stereocenters. The van der Waals surface area contributed by atoms with Crippen molar-refractivity contribution in [2.24, 2.45) is 7.05 Å². The van der Waals surface area contributed by atoms with E-state index in [4.69, 9.17) is 12.2 Å². The summed E-state index contributed by atoms with van der Waals surface area (Å²) >= 11 is 10.1. The maximum absolute atomic E-state index is 12.0. The normalized spacial score (nSPS) is 10.8. The van der Waals surface area contributed by atoms with Crippen molar-refractivity contribution in [1.29, 1.82) is 0 Å². The van der Waals surface area contributed by atoms with E-state index in [0.717, 1.165) is 15.2 Å². The highest BCUT2D eigenvalue weighted by Crippen LogP contribution is 2.28. The molecule has 124 valence electrons. The van der Waals surface area contributed by atoms with Crippen LogP contribution in [0.15, 0.2) is 21.5 Å². The highest BCUT2D eigenvalue weighted by Gasteiger charge is 2.08. The zero-order valence-electron chi connectivity index (χ0n) is 13.3. The number of carbonyl (C=O) groups excluding carboxylic acids is 1. The van der Waals surface area contributed by atoms with Gasteiger partial charge in [0.2, 0.25) is 5.91 Å². The summed E-state index contributed by atoms with van der Waals surface area (Å²) in [6.45, 7) is 4.64. The number of rotatable bonds is 6. The Balaban J connectivity index is 1.80. The van der Waals surface area contributed by atoms with Crippen LogP contribution in [-0.2, 0) is 18.3 Å². The lowest BCUT2D eigenvalue weighted by molar-refractivity contribution is -0.118. The number of aryl methyl sites for hydroxylation is 2. The Morgan fingerprint density at radius 3 is 2.83 bits per heavy atom. The van der Waals surface area contributed by atoms with Crippen molar-refractivity contribution >= 4 is 45.8 Å². The standard InChI is InChI=1S/C15H19BrN4OS2/c1-9-7-12(10(2)6-11(9)16)23-8-14(21)17-5-4-13-18-19-15(22)20(13)3/h6-7H,4-5,8H2,1-3H3,(H,17,21)(H,19,22). The molecule has 0 spiro atoms. The fourth-order valence-electron chi connectivity index (χ4n) is 2.02. The zero-order chi connectivity index (χ0) is 17.0. The van der Waals surface area contributed by atoms with Gasteiger partial charge in [-0.2, -0.15) is 5.10 Å². The molecule has 5 nitrogen and oxygen atoms in total. The molecule has 0 aliphatic carbocycles. The van der Waals surface area contributed by atoms with E-state index in [1.54, 1.807) is 11.8 Å². The van der Waals surface area contributed by atoms with Gasteiger partial charge >= 0.3 is 0 Å². The number of aromatic amines is 1. The van der Waals surface area contributed by atoms with Gasteiger partial charge in [0.1, 0.15) is 5.82 Å². The molecule has 2 rings (SSSR count). The molecule has 0 aliphatic heterocycles. The van der Waals surface area contributed by atoms with Crippen molar-refractivity contribution in [3.05, 3.63) is 38.3 Å². The van der Waals surface area contributed by atoms with E-state index in [9.17, 15) is 4.79 Å². The number of nitrogens with zero attached hydrogens (tertiary/aromatic N) is 2. The zero-order valence-corrected chi connectivity index (χ0v) is 16.5. The van der Waals surface area contributed by atoms with Crippen molar-refractivity contribution < 1.29 is 4.79 Å². The lowest BCUT2D eigenvalue weighted by atomic mass is 10.2. The second kappa shape index (κ2) is 8.12. The largest absolute Gasteiger partial charge is 0.355 e. The fourth-order valence-corrected chi connectivity index (χ4v) is 3.57. The molecule has 2 aromatic rings. The topological polar surface area (TPSA) is 62.7 Å². The number of hydrogen-bond donors (Lipinski definition) is 2.